The first-order valence-electron chi connectivity index (χ1n) is 6.51. The van der Waals surface area contributed by atoms with Crippen molar-refractivity contribution in [3.8, 4) is 0 Å². The van der Waals surface area contributed by atoms with Crippen LogP contribution in [0.25, 0.3) is 0 Å². The van der Waals surface area contributed by atoms with Gasteiger partial charge < -0.3 is 15.7 Å². The van der Waals surface area contributed by atoms with Crippen molar-refractivity contribution in [2.45, 2.75) is 37.8 Å². The lowest BCUT2D eigenvalue weighted by Gasteiger charge is -2.36. The Balaban J connectivity index is 1.83. The van der Waals surface area contributed by atoms with Crippen molar-refractivity contribution in [3.05, 3.63) is 34.9 Å². The number of rotatable bonds is 4. The summed E-state index contributed by atoms with van der Waals surface area (Å²) in [6.45, 7) is 2.17. The minimum absolute atomic E-state index is 0.176. The van der Waals surface area contributed by atoms with Crippen molar-refractivity contribution in [1.29, 1.82) is 0 Å². The third-order valence-corrected chi connectivity index (χ3v) is 3.93. The SMILES string of the molecule is CC(NC(=O)NCC1(O)CCC1)c1ccccc1Cl. The molecule has 1 aromatic rings. The number of carbonyl (C=O) groups excluding carboxylic acids is 1. The van der Waals surface area contributed by atoms with Gasteiger partial charge in [0.15, 0.2) is 0 Å². The van der Waals surface area contributed by atoms with Crippen LogP contribution >= 0.6 is 11.6 Å². The van der Waals surface area contributed by atoms with Crippen molar-refractivity contribution in [1.82, 2.24) is 10.6 Å². The average molecular weight is 283 g/mol. The van der Waals surface area contributed by atoms with Crippen LogP contribution in [0.1, 0.15) is 37.8 Å². The highest BCUT2D eigenvalue weighted by atomic mass is 35.5. The Morgan fingerprint density at radius 2 is 2.16 bits per heavy atom. The fourth-order valence-corrected chi connectivity index (χ4v) is 2.46. The lowest BCUT2D eigenvalue weighted by atomic mass is 9.80. The highest BCUT2D eigenvalue weighted by Gasteiger charge is 2.34. The zero-order valence-corrected chi connectivity index (χ0v) is 11.7. The van der Waals surface area contributed by atoms with Gasteiger partial charge in [-0.1, -0.05) is 29.8 Å². The summed E-state index contributed by atoms with van der Waals surface area (Å²) in [5.74, 6) is 0. The van der Waals surface area contributed by atoms with Crippen LogP contribution in [0.2, 0.25) is 5.02 Å². The number of benzene rings is 1. The maximum atomic E-state index is 11.7. The fraction of sp³-hybridized carbons (Fsp3) is 0.500. The number of amides is 2. The molecule has 2 rings (SSSR count). The van der Waals surface area contributed by atoms with E-state index in [9.17, 15) is 9.90 Å². The topological polar surface area (TPSA) is 61.4 Å². The monoisotopic (exact) mass is 282 g/mol. The summed E-state index contributed by atoms with van der Waals surface area (Å²) in [6, 6.07) is 6.95. The summed E-state index contributed by atoms with van der Waals surface area (Å²) in [5, 5.41) is 16.0. The molecular formula is C14H19ClN2O2. The molecule has 1 aliphatic carbocycles. The first-order valence-corrected chi connectivity index (χ1v) is 6.89. The Morgan fingerprint density at radius 1 is 1.47 bits per heavy atom. The minimum Gasteiger partial charge on any atom is -0.388 e. The van der Waals surface area contributed by atoms with E-state index in [1.54, 1.807) is 6.07 Å². The summed E-state index contributed by atoms with van der Waals surface area (Å²) in [7, 11) is 0. The van der Waals surface area contributed by atoms with E-state index < -0.39 is 5.60 Å². The summed E-state index contributed by atoms with van der Waals surface area (Å²) in [4.78, 5) is 11.7. The molecule has 104 valence electrons. The Morgan fingerprint density at radius 3 is 2.74 bits per heavy atom. The van der Waals surface area contributed by atoms with Crippen molar-refractivity contribution >= 4 is 17.6 Å². The molecule has 4 nitrogen and oxygen atoms in total. The third-order valence-electron chi connectivity index (χ3n) is 3.58. The summed E-state index contributed by atoms with van der Waals surface area (Å²) < 4.78 is 0. The molecule has 2 amide bonds. The largest absolute Gasteiger partial charge is 0.388 e. The van der Waals surface area contributed by atoms with Gasteiger partial charge in [-0.05, 0) is 37.8 Å². The van der Waals surface area contributed by atoms with Crippen molar-refractivity contribution in [2.24, 2.45) is 0 Å². The van der Waals surface area contributed by atoms with Crippen LogP contribution < -0.4 is 10.6 Å². The number of nitrogens with one attached hydrogen (secondary N) is 2. The first-order chi connectivity index (χ1) is 9.00. The van der Waals surface area contributed by atoms with Gasteiger partial charge in [-0.3, -0.25) is 0 Å². The van der Waals surface area contributed by atoms with Crippen LogP contribution in [0.3, 0.4) is 0 Å². The third kappa shape index (κ3) is 3.61. The Bertz CT molecular complexity index is 461. The quantitative estimate of drug-likeness (QED) is 0.795. The molecule has 0 saturated heterocycles. The van der Waals surface area contributed by atoms with E-state index in [1.807, 2.05) is 25.1 Å². The van der Waals surface area contributed by atoms with E-state index in [0.717, 1.165) is 24.8 Å². The Labute approximate surface area is 118 Å². The Hall–Kier alpha value is -1.26. The van der Waals surface area contributed by atoms with Crippen LogP contribution in [0.5, 0.6) is 0 Å². The molecule has 1 saturated carbocycles. The second-order valence-electron chi connectivity index (χ2n) is 5.15. The lowest BCUT2D eigenvalue weighted by molar-refractivity contribution is -0.0290. The highest BCUT2D eigenvalue weighted by Crippen LogP contribution is 2.30. The van der Waals surface area contributed by atoms with Crippen molar-refractivity contribution < 1.29 is 9.90 Å². The second kappa shape index (κ2) is 5.80. The maximum Gasteiger partial charge on any atom is 0.315 e. The van der Waals surface area contributed by atoms with Gasteiger partial charge in [0.25, 0.3) is 0 Å². The van der Waals surface area contributed by atoms with E-state index >= 15 is 0 Å². The minimum atomic E-state index is -0.703. The highest BCUT2D eigenvalue weighted by molar-refractivity contribution is 6.31. The molecule has 1 unspecified atom stereocenters. The van der Waals surface area contributed by atoms with Gasteiger partial charge in [-0.25, -0.2) is 4.79 Å². The number of aliphatic hydroxyl groups is 1. The number of hydrogen-bond acceptors (Lipinski definition) is 2. The molecule has 1 fully saturated rings. The van der Waals surface area contributed by atoms with Gasteiger partial charge >= 0.3 is 6.03 Å². The van der Waals surface area contributed by atoms with Gasteiger partial charge in [0.05, 0.1) is 11.6 Å². The smallest absolute Gasteiger partial charge is 0.315 e. The van der Waals surface area contributed by atoms with Gasteiger partial charge in [0.1, 0.15) is 0 Å². The first kappa shape index (κ1) is 14.2. The number of hydrogen-bond donors (Lipinski definition) is 3. The summed E-state index contributed by atoms with van der Waals surface area (Å²) >= 11 is 6.07. The summed E-state index contributed by atoms with van der Waals surface area (Å²) in [6.07, 6.45) is 2.54. The predicted octanol–water partition coefficient (Wildman–Crippen LogP) is 2.62. The number of carbonyl (C=O) groups is 1. The van der Waals surface area contributed by atoms with E-state index in [2.05, 4.69) is 10.6 Å². The predicted molar refractivity (Wildman–Crippen MR) is 75.2 cm³/mol. The van der Waals surface area contributed by atoms with E-state index in [0.29, 0.717) is 11.6 Å². The molecule has 1 aromatic carbocycles. The lowest BCUT2D eigenvalue weighted by Crippen LogP contribution is -2.50. The summed E-state index contributed by atoms with van der Waals surface area (Å²) in [5.41, 5.74) is 0.173. The molecule has 3 N–H and O–H groups in total. The van der Waals surface area contributed by atoms with Crippen molar-refractivity contribution in [3.63, 3.8) is 0 Å². The van der Waals surface area contributed by atoms with Crippen LogP contribution in [0, 0.1) is 0 Å². The van der Waals surface area contributed by atoms with E-state index in [4.69, 9.17) is 11.6 Å². The fourth-order valence-electron chi connectivity index (χ4n) is 2.16. The zero-order chi connectivity index (χ0) is 13.9. The normalized spacial score (nSPS) is 18.3. The molecule has 1 atom stereocenters. The van der Waals surface area contributed by atoms with E-state index in [-0.39, 0.29) is 12.1 Å². The molecule has 19 heavy (non-hydrogen) atoms. The molecule has 0 aliphatic heterocycles. The van der Waals surface area contributed by atoms with Crippen molar-refractivity contribution in [2.75, 3.05) is 6.54 Å². The van der Waals surface area contributed by atoms with Gasteiger partial charge in [-0.2, -0.15) is 0 Å². The molecule has 0 radical (unpaired) electrons. The van der Waals surface area contributed by atoms with E-state index in [1.165, 1.54) is 0 Å². The van der Waals surface area contributed by atoms with Gasteiger partial charge in [0.2, 0.25) is 0 Å². The van der Waals surface area contributed by atoms with Crippen LogP contribution in [-0.4, -0.2) is 23.3 Å². The van der Waals surface area contributed by atoms with Crippen LogP contribution in [0.4, 0.5) is 4.79 Å². The molecule has 0 heterocycles. The average Bonchev–Trinajstić information content (AvgIpc) is 2.34. The Kier molecular flexibility index (Phi) is 4.32. The maximum absolute atomic E-state index is 11.7. The molecule has 0 spiro atoms. The number of halogens is 1. The van der Waals surface area contributed by atoms with Crippen LogP contribution in [0.15, 0.2) is 24.3 Å². The molecule has 5 heteroatoms. The standard InChI is InChI=1S/C14H19ClN2O2/c1-10(11-5-2-3-6-12(11)15)17-13(18)16-9-14(19)7-4-8-14/h2-3,5-6,10,19H,4,7-9H2,1H3,(H2,16,17,18). The molecule has 0 bridgehead atoms. The second-order valence-corrected chi connectivity index (χ2v) is 5.56. The van der Waals surface area contributed by atoms with Gasteiger partial charge in [0, 0.05) is 11.6 Å². The zero-order valence-electron chi connectivity index (χ0n) is 10.9. The molecule has 0 aromatic heterocycles. The van der Waals surface area contributed by atoms with Gasteiger partial charge in [-0.15, -0.1) is 0 Å². The number of urea groups is 1. The van der Waals surface area contributed by atoms with Crippen LogP contribution in [-0.2, 0) is 0 Å². The molecule has 1 aliphatic rings. The molecular weight excluding hydrogens is 264 g/mol.